The number of hydrogen-bond donors (Lipinski definition) is 0. The van der Waals surface area contributed by atoms with E-state index in [0.717, 1.165) is 63.7 Å². The molecule has 0 saturated carbocycles. The summed E-state index contributed by atoms with van der Waals surface area (Å²) in [5, 5.41) is 0. The quantitative estimate of drug-likeness (QED) is 0.773. The summed E-state index contributed by atoms with van der Waals surface area (Å²) in [5.74, 6) is 2.13. The molecule has 2 fully saturated rings. The number of carbonyl (C=O) groups excluding carboxylic acids is 1. The molecule has 0 unspecified atom stereocenters. The van der Waals surface area contributed by atoms with Gasteiger partial charge in [0.25, 0.3) is 0 Å². The molecule has 6 nitrogen and oxygen atoms in total. The molecule has 6 heteroatoms. The van der Waals surface area contributed by atoms with Gasteiger partial charge in [-0.25, -0.2) is 9.97 Å². The molecule has 3 rings (SSSR count). The van der Waals surface area contributed by atoms with Crippen LogP contribution in [-0.4, -0.2) is 60.7 Å². The molecule has 1 spiro atoms. The lowest BCUT2D eigenvalue weighted by Crippen LogP contribution is -2.42. The molecule has 0 aliphatic carbocycles. The number of hydrogen-bond acceptors (Lipinski definition) is 5. The zero-order valence-electron chi connectivity index (χ0n) is 14.1. The summed E-state index contributed by atoms with van der Waals surface area (Å²) >= 11 is 0. The Bertz CT molecular complexity index is 555. The monoisotopic (exact) mass is 318 g/mol. The van der Waals surface area contributed by atoms with Crippen molar-refractivity contribution in [2.45, 2.75) is 32.6 Å². The molecule has 0 atom stereocenters. The summed E-state index contributed by atoms with van der Waals surface area (Å²) in [6, 6.07) is 1.97. The smallest absolute Gasteiger partial charge is 0.223 e. The molecular formula is C17H26N4O2. The van der Waals surface area contributed by atoms with Crippen molar-refractivity contribution in [2.24, 2.45) is 5.41 Å². The zero-order chi connectivity index (χ0) is 16.3. The molecule has 1 amide bonds. The number of aryl methyl sites for hydroxylation is 1. The van der Waals surface area contributed by atoms with Crippen molar-refractivity contribution in [3.8, 4) is 0 Å². The van der Waals surface area contributed by atoms with Gasteiger partial charge in [0, 0.05) is 57.9 Å². The van der Waals surface area contributed by atoms with Crippen molar-refractivity contribution in [1.82, 2.24) is 14.9 Å². The third-order valence-corrected chi connectivity index (χ3v) is 5.09. The van der Waals surface area contributed by atoms with E-state index in [1.807, 2.05) is 24.1 Å². The molecule has 23 heavy (non-hydrogen) atoms. The Hall–Kier alpha value is -1.69. The number of carbonyl (C=O) groups is 1. The van der Waals surface area contributed by atoms with E-state index in [1.54, 1.807) is 7.11 Å². The van der Waals surface area contributed by atoms with Crippen LogP contribution in [0.2, 0.25) is 0 Å². The minimum Gasteiger partial charge on any atom is -0.385 e. The van der Waals surface area contributed by atoms with Gasteiger partial charge in [-0.3, -0.25) is 4.79 Å². The summed E-state index contributed by atoms with van der Waals surface area (Å²) in [5.41, 5.74) is 0.169. The molecular weight excluding hydrogens is 292 g/mol. The summed E-state index contributed by atoms with van der Waals surface area (Å²) in [6.07, 6.45) is 5.56. The molecule has 2 aliphatic heterocycles. The second-order valence-corrected chi connectivity index (χ2v) is 6.79. The number of aromatic nitrogens is 2. The first-order valence-electron chi connectivity index (χ1n) is 8.43. The number of amides is 1. The summed E-state index contributed by atoms with van der Waals surface area (Å²) in [6.45, 7) is 6.31. The highest BCUT2D eigenvalue weighted by atomic mass is 16.5. The predicted octanol–water partition coefficient (Wildman–Crippen LogP) is 1.64. The maximum atomic E-state index is 12.3. The van der Waals surface area contributed by atoms with Gasteiger partial charge in [0.1, 0.15) is 11.6 Å². The van der Waals surface area contributed by atoms with Gasteiger partial charge < -0.3 is 14.5 Å². The van der Waals surface area contributed by atoms with Gasteiger partial charge >= 0.3 is 0 Å². The maximum absolute atomic E-state index is 12.3. The minimum absolute atomic E-state index is 0.169. The van der Waals surface area contributed by atoms with Gasteiger partial charge in [0.15, 0.2) is 0 Å². The first-order chi connectivity index (χ1) is 11.1. The Morgan fingerprint density at radius 1 is 1.35 bits per heavy atom. The van der Waals surface area contributed by atoms with Crippen molar-refractivity contribution in [3.63, 3.8) is 0 Å². The predicted molar refractivity (Wildman–Crippen MR) is 88.3 cm³/mol. The normalized spacial score (nSPS) is 20.5. The van der Waals surface area contributed by atoms with Crippen LogP contribution in [0.4, 0.5) is 5.82 Å². The van der Waals surface area contributed by atoms with E-state index in [1.165, 1.54) is 0 Å². The lowest BCUT2D eigenvalue weighted by atomic mass is 9.77. The topological polar surface area (TPSA) is 58.6 Å². The van der Waals surface area contributed by atoms with Gasteiger partial charge in [-0.1, -0.05) is 0 Å². The Morgan fingerprint density at radius 3 is 2.83 bits per heavy atom. The van der Waals surface area contributed by atoms with E-state index in [0.29, 0.717) is 12.3 Å². The first kappa shape index (κ1) is 16.2. The number of nitrogens with zero attached hydrogens (tertiary/aromatic N) is 4. The van der Waals surface area contributed by atoms with Gasteiger partial charge in [0.2, 0.25) is 5.91 Å². The molecule has 0 radical (unpaired) electrons. The molecule has 0 bridgehead atoms. The van der Waals surface area contributed by atoms with Crippen molar-refractivity contribution in [3.05, 3.63) is 18.1 Å². The first-order valence-corrected chi connectivity index (χ1v) is 8.43. The van der Waals surface area contributed by atoms with Crippen molar-refractivity contribution in [1.29, 1.82) is 0 Å². The number of ether oxygens (including phenoxy) is 1. The summed E-state index contributed by atoms with van der Waals surface area (Å²) in [7, 11) is 1.71. The van der Waals surface area contributed by atoms with Crippen LogP contribution in [-0.2, 0) is 9.53 Å². The van der Waals surface area contributed by atoms with Gasteiger partial charge in [-0.15, -0.1) is 0 Å². The molecule has 126 valence electrons. The van der Waals surface area contributed by atoms with Crippen LogP contribution in [0.25, 0.3) is 0 Å². The van der Waals surface area contributed by atoms with Crippen LogP contribution in [0.1, 0.15) is 31.5 Å². The zero-order valence-corrected chi connectivity index (χ0v) is 14.1. The fourth-order valence-electron chi connectivity index (χ4n) is 3.75. The number of anilines is 1. The van der Waals surface area contributed by atoms with Crippen LogP contribution >= 0.6 is 0 Å². The minimum atomic E-state index is 0.169. The average molecular weight is 318 g/mol. The number of piperidine rings is 1. The Balaban J connectivity index is 1.57. The lowest BCUT2D eigenvalue weighted by Gasteiger charge is -2.39. The number of likely N-dealkylation sites (tertiary alicyclic amines) is 1. The second-order valence-electron chi connectivity index (χ2n) is 6.79. The van der Waals surface area contributed by atoms with E-state index in [9.17, 15) is 4.79 Å². The third kappa shape index (κ3) is 3.63. The highest BCUT2D eigenvalue weighted by molar-refractivity contribution is 5.79. The van der Waals surface area contributed by atoms with Crippen molar-refractivity contribution in [2.75, 3.05) is 44.8 Å². The number of rotatable bonds is 5. The SMILES string of the molecule is COCCCN1CC2(CCN(c3ccnc(C)n3)CC2)CC1=O. The highest BCUT2D eigenvalue weighted by Gasteiger charge is 2.44. The van der Waals surface area contributed by atoms with E-state index in [2.05, 4.69) is 14.9 Å². The van der Waals surface area contributed by atoms with Gasteiger partial charge in [-0.2, -0.15) is 0 Å². The van der Waals surface area contributed by atoms with Crippen molar-refractivity contribution >= 4 is 11.7 Å². The molecule has 1 aromatic heterocycles. The van der Waals surface area contributed by atoms with Crippen LogP contribution < -0.4 is 4.90 Å². The average Bonchev–Trinajstić information content (AvgIpc) is 2.84. The summed E-state index contributed by atoms with van der Waals surface area (Å²) in [4.78, 5) is 25.3. The van der Waals surface area contributed by atoms with Gasteiger partial charge in [-0.05, 0) is 32.3 Å². The summed E-state index contributed by atoms with van der Waals surface area (Å²) < 4.78 is 5.09. The van der Waals surface area contributed by atoms with Crippen LogP contribution in [0.5, 0.6) is 0 Å². The largest absolute Gasteiger partial charge is 0.385 e. The highest BCUT2D eigenvalue weighted by Crippen LogP contribution is 2.41. The number of methoxy groups -OCH3 is 1. The molecule has 0 aromatic carbocycles. The molecule has 2 saturated heterocycles. The Kier molecular flexibility index (Phi) is 4.80. The molecule has 2 aliphatic rings. The van der Waals surface area contributed by atoms with Crippen molar-refractivity contribution < 1.29 is 9.53 Å². The molecule has 3 heterocycles. The van der Waals surface area contributed by atoms with E-state index in [4.69, 9.17) is 4.74 Å². The third-order valence-electron chi connectivity index (χ3n) is 5.09. The molecule has 0 N–H and O–H groups in total. The Morgan fingerprint density at radius 2 is 2.13 bits per heavy atom. The van der Waals surface area contributed by atoms with Crippen LogP contribution in [0.15, 0.2) is 12.3 Å². The van der Waals surface area contributed by atoms with E-state index >= 15 is 0 Å². The fourth-order valence-corrected chi connectivity index (χ4v) is 3.75. The van der Waals surface area contributed by atoms with Gasteiger partial charge in [0.05, 0.1) is 0 Å². The maximum Gasteiger partial charge on any atom is 0.223 e. The van der Waals surface area contributed by atoms with Crippen LogP contribution in [0, 0.1) is 12.3 Å². The fraction of sp³-hybridized carbons (Fsp3) is 0.706. The van der Waals surface area contributed by atoms with E-state index < -0.39 is 0 Å². The second kappa shape index (κ2) is 6.83. The lowest BCUT2D eigenvalue weighted by molar-refractivity contribution is -0.128. The Labute approximate surface area is 137 Å². The molecule has 1 aromatic rings. The standard InChI is InChI=1S/C17H26N4O2/c1-14-18-7-4-15(19-14)20-9-5-17(6-10-20)12-16(22)21(13-17)8-3-11-23-2/h4,7H,3,5-6,8-13H2,1-2H3. The van der Waals surface area contributed by atoms with Crippen LogP contribution in [0.3, 0.4) is 0 Å². The van der Waals surface area contributed by atoms with E-state index in [-0.39, 0.29) is 5.41 Å².